The first-order valence-corrected chi connectivity index (χ1v) is 10.9. The lowest BCUT2D eigenvalue weighted by Crippen LogP contribution is -2.31. The van der Waals surface area contributed by atoms with Gasteiger partial charge in [-0.2, -0.15) is 4.31 Å². The lowest BCUT2D eigenvalue weighted by molar-refractivity contribution is 0.102. The van der Waals surface area contributed by atoms with E-state index < -0.39 is 15.9 Å². The number of carbonyl (C=O) groups is 1. The summed E-state index contributed by atoms with van der Waals surface area (Å²) in [6.45, 7) is 1.10. The predicted molar refractivity (Wildman–Crippen MR) is 108 cm³/mol. The van der Waals surface area contributed by atoms with Crippen molar-refractivity contribution in [1.29, 1.82) is 0 Å². The van der Waals surface area contributed by atoms with Crippen molar-refractivity contribution in [2.24, 2.45) is 0 Å². The van der Waals surface area contributed by atoms with E-state index in [1.54, 1.807) is 34.6 Å². The van der Waals surface area contributed by atoms with Gasteiger partial charge >= 0.3 is 0 Å². The Morgan fingerprint density at radius 3 is 2.19 bits per heavy atom. The number of amides is 1. The first kappa shape index (κ1) is 20.1. The second-order valence-corrected chi connectivity index (χ2v) is 9.12. The van der Waals surface area contributed by atoms with E-state index in [2.05, 4.69) is 5.32 Å². The molecule has 1 amide bonds. The van der Waals surface area contributed by atoms with Crippen molar-refractivity contribution >= 4 is 44.8 Å². The quantitative estimate of drug-likeness (QED) is 0.762. The topological polar surface area (TPSA) is 66.5 Å². The minimum absolute atomic E-state index is 0.178. The molecule has 0 bridgehead atoms. The maximum absolute atomic E-state index is 12.8. The van der Waals surface area contributed by atoms with Gasteiger partial charge in [0.05, 0.1) is 20.5 Å². The van der Waals surface area contributed by atoms with Gasteiger partial charge in [0.2, 0.25) is 10.0 Å². The molecule has 0 radical (unpaired) electrons. The predicted octanol–water partition coefficient (Wildman–Crippen LogP) is 4.81. The van der Waals surface area contributed by atoms with Crippen LogP contribution < -0.4 is 5.32 Å². The van der Waals surface area contributed by atoms with Gasteiger partial charge in [-0.05, 0) is 49.2 Å². The molecule has 1 saturated heterocycles. The molecule has 1 N–H and O–H groups in total. The minimum atomic E-state index is -3.51. The molecule has 0 atom stereocenters. The smallest absolute Gasteiger partial charge is 0.257 e. The Morgan fingerprint density at radius 2 is 1.56 bits per heavy atom. The molecule has 27 heavy (non-hydrogen) atoms. The largest absolute Gasteiger partial charge is 0.322 e. The van der Waals surface area contributed by atoms with Crippen molar-refractivity contribution in [3.8, 4) is 0 Å². The van der Waals surface area contributed by atoms with Crippen molar-refractivity contribution < 1.29 is 13.2 Å². The second kappa shape index (κ2) is 8.61. The molecular formula is C19H20Cl2N2O3S. The number of sulfonamides is 1. The average molecular weight is 427 g/mol. The summed E-state index contributed by atoms with van der Waals surface area (Å²) < 4.78 is 27.1. The highest BCUT2D eigenvalue weighted by Gasteiger charge is 2.25. The van der Waals surface area contributed by atoms with Crippen LogP contribution in [-0.2, 0) is 10.0 Å². The van der Waals surface area contributed by atoms with E-state index in [1.165, 1.54) is 12.1 Å². The van der Waals surface area contributed by atoms with Crippen LogP contribution in [0.5, 0.6) is 0 Å². The van der Waals surface area contributed by atoms with Gasteiger partial charge < -0.3 is 5.32 Å². The van der Waals surface area contributed by atoms with Crippen LogP contribution in [-0.4, -0.2) is 31.7 Å². The summed E-state index contributed by atoms with van der Waals surface area (Å²) in [6.07, 6.45) is 3.88. The normalized spacial score (nSPS) is 15.9. The Bertz CT molecular complexity index is 922. The zero-order valence-corrected chi connectivity index (χ0v) is 16.9. The van der Waals surface area contributed by atoms with Crippen LogP contribution in [0.25, 0.3) is 0 Å². The van der Waals surface area contributed by atoms with Gasteiger partial charge in [0.15, 0.2) is 0 Å². The van der Waals surface area contributed by atoms with E-state index in [4.69, 9.17) is 23.2 Å². The van der Waals surface area contributed by atoms with Gasteiger partial charge in [0.25, 0.3) is 5.91 Å². The maximum atomic E-state index is 12.8. The maximum Gasteiger partial charge on any atom is 0.257 e. The third-order valence-corrected chi connectivity index (χ3v) is 7.24. The third-order valence-electron chi connectivity index (χ3n) is 4.51. The van der Waals surface area contributed by atoms with Crippen LogP contribution in [0.1, 0.15) is 36.0 Å². The van der Waals surface area contributed by atoms with Crippen LogP contribution in [0.3, 0.4) is 0 Å². The summed E-state index contributed by atoms with van der Waals surface area (Å²) in [5.41, 5.74) is 0.733. The molecule has 5 nitrogen and oxygen atoms in total. The molecule has 8 heteroatoms. The average Bonchev–Trinajstić information content (AvgIpc) is 2.94. The molecule has 1 fully saturated rings. The van der Waals surface area contributed by atoms with E-state index in [0.717, 1.165) is 25.7 Å². The highest BCUT2D eigenvalue weighted by molar-refractivity contribution is 7.89. The van der Waals surface area contributed by atoms with Crippen LogP contribution in [0.4, 0.5) is 5.69 Å². The van der Waals surface area contributed by atoms with Crippen LogP contribution in [0, 0.1) is 0 Å². The number of nitrogens with zero attached hydrogens (tertiary/aromatic N) is 1. The van der Waals surface area contributed by atoms with Crippen molar-refractivity contribution in [3.63, 3.8) is 0 Å². The molecule has 0 saturated carbocycles. The third kappa shape index (κ3) is 4.63. The fourth-order valence-electron chi connectivity index (χ4n) is 3.02. The molecule has 2 aromatic carbocycles. The molecule has 0 spiro atoms. The number of rotatable bonds is 4. The van der Waals surface area contributed by atoms with Crippen LogP contribution in [0.15, 0.2) is 47.4 Å². The van der Waals surface area contributed by atoms with E-state index in [1.807, 2.05) is 0 Å². The van der Waals surface area contributed by atoms with Gasteiger partial charge in [0, 0.05) is 18.8 Å². The highest BCUT2D eigenvalue weighted by Crippen LogP contribution is 2.27. The van der Waals surface area contributed by atoms with E-state index in [-0.39, 0.29) is 15.5 Å². The van der Waals surface area contributed by atoms with Gasteiger partial charge in [-0.25, -0.2) is 8.42 Å². The van der Waals surface area contributed by atoms with Crippen molar-refractivity contribution in [2.45, 2.75) is 30.6 Å². The van der Waals surface area contributed by atoms with E-state index >= 15 is 0 Å². The van der Waals surface area contributed by atoms with Gasteiger partial charge in [-0.15, -0.1) is 0 Å². The number of nitrogens with one attached hydrogen (secondary N) is 1. The summed E-state index contributed by atoms with van der Waals surface area (Å²) in [4.78, 5) is 12.6. The molecule has 0 aliphatic carbocycles. The summed E-state index contributed by atoms with van der Waals surface area (Å²) in [7, 11) is -3.51. The molecule has 2 aromatic rings. The van der Waals surface area contributed by atoms with Gasteiger partial charge in [-0.1, -0.05) is 42.1 Å². The Hall–Kier alpha value is -1.60. The fourth-order valence-corrected chi connectivity index (χ4v) is 4.92. The molecule has 0 unspecified atom stereocenters. The Labute approximate surface area is 169 Å². The molecule has 1 aliphatic heterocycles. The zero-order valence-electron chi connectivity index (χ0n) is 14.6. The molecule has 144 valence electrons. The Balaban J connectivity index is 1.75. The summed E-state index contributed by atoms with van der Waals surface area (Å²) in [5.74, 6) is -0.411. The highest BCUT2D eigenvalue weighted by atomic mass is 35.5. The number of carbonyl (C=O) groups excluding carboxylic acids is 1. The number of hydrogen-bond donors (Lipinski definition) is 1. The SMILES string of the molecule is O=C(Nc1ccc(S(=O)(=O)N2CCCCCC2)cc1)c1cccc(Cl)c1Cl. The standard InChI is InChI=1S/C19H20Cl2N2O3S/c20-17-7-5-6-16(18(17)21)19(24)22-14-8-10-15(11-9-14)27(25,26)23-12-3-1-2-4-13-23/h5-11H,1-4,12-13H2,(H,22,24). The summed E-state index contributed by atoms with van der Waals surface area (Å²) in [5, 5.41) is 3.18. The van der Waals surface area contributed by atoms with Crippen molar-refractivity contribution in [3.05, 3.63) is 58.1 Å². The first-order valence-electron chi connectivity index (χ1n) is 8.75. The number of hydrogen-bond acceptors (Lipinski definition) is 3. The molecular weight excluding hydrogens is 407 g/mol. The minimum Gasteiger partial charge on any atom is -0.322 e. The van der Waals surface area contributed by atoms with Crippen LogP contribution in [0.2, 0.25) is 10.0 Å². The number of anilines is 1. The van der Waals surface area contributed by atoms with Gasteiger partial charge in [0.1, 0.15) is 0 Å². The fraction of sp³-hybridized carbons (Fsp3) is 0.316. The zero-order chi connectivity index (χ0) is 19.4. The summed E-state index contributed by atoms with van der Waals surface area (Å²) in [6, 6.07) is 11.0. The van der Waals surface area contributed by atoms with Crippen molar-refractivity contribution in [2.75, 3.05) is 18.4 Å². The molecule has 1 aliphatic rings. The van der Waals surface area contributed by atoms with Crippen molar-refractivity contribution in [1.82, 2.24) is 4.31 Å². The van der Waals surface area contributed by atoms with Gasteiger partial charge in [-0.3, -0.25) is 4.79 Å². The number of benzene rings is 2. The number of halogens is 2. The molecule has 0 aromatic heterocycles. The monoisotopic (exact) mass is 426 g/mol. The van der Waals surface area contributed by atoms with Crippen LogP contribution >= 0.6 is 23.2 Å². The van der Waals surface area contributed by atoms with E-state index in [9.17, 15) is 13.2 Å². The molecule has 1 heterocycles. The lowest BCUT2D eigenvalue weighted by Gasteiger charge is -2.20. The Kier molecular flexibility index (Phi) is 6.42. The Morgan fingerprint density at radius 1 is 0.926 bits per heavy atom. The van der Waals surface area contributed by atoms with E-state index in [0.29, 0.717) is 23.8 Å². The molecule has 3 rings (SSSR count). The first-order chi connectivity index (χ1) is 12.9. The lowest BCUT2D eigenvalue weighted by atomic mass is 10.2. The second-order valence-electron chi connectivity index (χ2n) is 6.40. The summed E-state index contributed by atoms with van der Waals surface area (Å²) >= 11 is 12.0.